The van der Waals surface area contributed by atoms with Crippen LogP contribution in [-0.4, -0.2) is 41.6 Å². The van der Waals surface area contributed by atoms with Crippen molar-refractivity contribution in [1.29, 1.82) is 0 Å². The van der Waals surface area contributed by atoms with Crippen molar-refractivity contribution in [2.75, 3.05) is 20.6 Å². The minimum Gasteiger partial charge on any atom is -0.348 e. The molecule has 1 aromatic heterocycles. The molecule has 1 amide bonds. The maximum absolute atomic E-state index is 12.5. The molecule has 28 heavy (non-hydrogen) atoms. The Kier molecular flexibility index (Phi) is 6.55. The molecule has 0 spiro atoms. The second-order valence-corrected chi connectivity index (χ2v) is 7.17. The Labute approximate surface area is 165 Å². The third kappa shape index (κ3) is 5.50. The van der Waals surface area contributed by atoms with E-state index in [1.54, 1.807) is 0 Å². The van der Waals surface area contributed by atoms with Crippen LogP contribution >= 0.6 is 0 Å². The van der Waals surface area contributed by atoms with Crippen molar-refractivity contribution in [2.24, 2.45) is 0 Å². The number of nitrogens with one attached hydrogen (secondary N) is 1. The molecule has 0 fully saturated rings. The van der Waals surface area contributed by atoms with Crippen molar-refractivity contribution in [3.8, 4) is 11.4 Å². The molecule has 3 rings (SSSR count). The lowest BCUT2D eigenvalue weighted by atomic mass is 10.1. The van der Waals surface area contributed by atoms with Crippen LogP contribution in [0.5, 0.6) is 0 Å². The van der Waals surface area contributed by atoms with E-state index < -0.39 is 0 Å². The summed E-state index contributed by atoms with van der Waals surface area (Å²) in [6, 6.07) is 17.9. The summed E-state index contributed by atoms with van der Waals surface area (Å²) in [5.74, 6) is 0.977. The van der Waals surface area contributed by atoms with Gasteiger partial charge in [-0.2, -0.15) is 4.98 Å². The molecule has 0 saturated carbocycles. The third-order valence-electron chi connectivity index (χ3n) is 4.43. The van der Waals surface area contributed by atoms with Gasteiger partial charge >= 0.3 is 0 Å². The predicted octanol–water partition coefficient (Wildman–Crippen LogP) is 3.40. The van der Waals surface area contributed by atoms with Gasteiger partial charge in [-0.15, -0.1) is 0 Å². The number of benzene rings is 2. The number of amides is 1. The van der Waals surface area contributed by atoms with Crippen LogP contribution in [0.1, 0.15) is 29.5 Å². The summed E-state index contributed by atoms with van der Waals surface area (Å²) in [5, 5.41) is 7.13. The molecule has 1 atom stereocenters. The maximum Gasteiger partial charge on any atom is 0.227 e. The molecule has 1 heterocycles. The summed E-state index contributed by atoms with van der Waals surface area (Å²) >= 11 is 0. The monoisotopic (exact) mass is 378 g/mol. The van der Waals surface area contributed by atoms with Gasteiger partial charge in [-0.3, -0.25) is 4.79 Å². The second kappa shape index (κ2) is 9.28. The Balaban J connectivity index is 1.58. The highest BCUT2D eigenvalue weighted by atomic mass is 16.5. The number of nitrogens with zero attached hydrogens (tertiary/aromatic N) is 3. The molecule has 1 N–H and O–H groups in total. The van der Waals surface area contributed by atoms with Crippen LogP contribution < -0.4 is 5.32 Å². The Bertz CT molecular complexity index is 888. The summed E-state index contributed by atoms with van der Waals surface area (Å²) in [5.41, 5.74) is 3.17. The SMILES string of the molecule is Cc1ccc(-c2noc(CCC(=O)NC(CN(C)C)c3ccccc3)n2)cc1. The van der Waals surface area contributed by atoms with Crippen molar-refractivity contribution in [1.82, 2.24) is 20.4 Å². The van der Waals surface area contributed by atoms with E-state index in [4.69, 9.17) is 4.52 Å². The van der Waals surface area contributed by atoms with Gasteiger partial charge < -0.3 is 14.7 Å². The number of hydrogen-bond donors (Lipinski definition) is 1. The molecule has 0 aliphatic carbocycles. The Hall–Kier alpha value is -2.99. The van der Waals surface area contributed by atoms with Gasteiger partial charge in [0.15, 0.2) is 0 Å². The molecular formula is C22H26N4O2. The molecule has 146 valence electrons. The first-order chi connectivity index (χ1) is 13.5. The van der Waals surface area contributed by atoms with Gasteiger partial charge in [-0.1, -0.05) is 65.3 Å². The lowest BCUT2D eigenvalue weighted by Gasteiger charge is -2.22. The topological polar surface area (TPSA) is 71.3 Å². The molecule has 0 saturated heterocycles. The molecule has 0 radical (unpaired) electrons. The fourth-order valence-electron chi connectivity index (χ4n) is 2.95. The highest BCUT2D eigenvalue weighted by molar-refractivity contribution is 5.76. The first-order valence-corrected chi connectivity index (χ1v) is 9.40. The number of carbonyl (C=O) groups excluding carboxylic acids is 1. The lowest BCUT2D eigenvalue weighted by molar-refractivity contribution is -0.122. The van der Waals surface area contributed by atoms with E-state index in [1.807, 2.05) is 75.6 Å². The van der Waals surface area contributed by atoms with Crippen molar-refractivity contribution in [2.45, 2.75) is 25.8 Å². The van der Waals surface area contributed by atoms with E-state index in [2.05, 4.69) is 20.4 Å². The molecule has 1 unspecified atom stereocenters. The van der Waals surface area contributed by atoms with Gasteiger partial charge in [-0.05, 0) is 26.6 Å². The maximum atomic E-state index is 12.5. The normalized spacial score (nSPS) is 12.1. The third-order valence-corrected chi connectivity index (χ3v) is 4.43. The Morgan fingerprint density at radius 2 is 1.82 bits per heavy atom. The first kappa shape index (κ1) is 19.8. The second-order valence-electron chi connectivity index (χ2n) is 7.17. The van der Waals surface area contributed by atoms with E-state index in [9.17, 15) is 4.79 Å². The van der Waals surface area contributed by atoms with E-state index in [-0.39, 0.29) is 11.9 Å². The number of hydrogen-bond acceptors (Lipinski definition) is 5. The molecule has 3 aromatic rings. The molecular weight excluding hydrogens is 352 g/mol. The van der Waals surface area contributed by atoms with Crippen molar-refractivity contribution in [3.63, 3.8) is 0 Å². The standard InChI is InChI=1S/C22H26N4O2/c1-16-9-11-18(12-10-16)22-24-21(28-25-22)14-13-20(27)23-19(15-26(2)3)17-7-5-4-6-8-17/h4-12,19H,13-15H2,1-3H3,(H,23,27). The van der Waals surface area contributed by atoms with E-state index >= 15 is 0 Å². The first-order valence-electron chi connectivity index (χ1n) is 9.40. The zero-order valence-electron chi connectivity index (χ0n) is 16.6. The molecule has 2 aromatic carbocycles. The van der Waals surface area contributed by atoms with Gasteiger partial charge in [0.1, 0.15) is 0 Å². The summed E-state index contributed by atoms with van der Waals surface area (Å²) in [7, 11) is 3.99. The molecule has 0 bridgehead atoms. The number of aryl methyl sites for hydroxylation is 2. The van der Waals surface area contributed by atoms with Gasteiger partial charge in [0.25, 0.3) is 0 Å². The van der Waals surface area contributed by atoms with Gasteiger partial charge in [0.05, 0.1) is 6.04 Å². The summed E-state index contributed by atoms with van der Waals surface area (Å²) in [6.07, 6.45) is 0.709. The van der Waals surface area contributed by atoms with Crippen LogP contribution in [0.3, 0.4) is 0 Å². The highest BCUT2D eigenvalue weighted by Crippen LogP contribution is 2.17. The number of rotatable bonds is 8. The minimum atomic E-state index is -0.0606. The average Bonchev–Trinajstić information content (AvgIpc) is 3.16. The van der Waals surface area contributed by atoms with E-state index in [0.29, 0.717) is 24.6 Å². The highest BCUT2D eigenvalue weighted by Gasteiger charge is 2.16. The Morgan fingerprint density at radius 1 is 1.11 bits per heavy atom. The fraction of sp³-hybridized carbons (Fsp3) is 0.318. The average molecular weight is 378 g/mol. The number of carbonyl (C=O) groups is 1. The molecule has 6 heteroatoms. The van der Waals surface area contributed by atoms with E-state index in [1.165, 1.54) is 5.56 Å². The van der Waals surface area contributed by atoms with Crippen molar-refractivity contribution in [3.05, 3.63) is 71.6 Å². The summed E-state index contributed by atoms with van der Waals surface area (Å²) in [4.78, 5) is 18.9. The summed E-state index contributed by atoms with van der Waals surface area (Å²) < 4.78 is 5.30. The van der Waals surface area contributed by atoms with E-state index in [0.717, 1.165) is 17.7 Å². The number of likely N-dealkylation sites (N-methyl/N-ethyl adjacent to an activating group) is 1. The van der Waals surface area contributed by atoms with Crippen LogP contribution in [0.25, 0.3) is 11.4 Å². The van der Waals surface area contributed by atoms with Gasteiger partial charge in [0.2, 0.25) is 17.6 Å². The molecule has 0 aliphatic rings. The zero-order chi connectivity index (χ0) is 19.9. The largest absolute Gasteiger partial charge is 0.348 e. The van der Waals surface area contributed by atoms with Crippen LogP contribution in [0, 0.1) is 6.92 Å². The van der Waals surface area contributed by atoms with Crippen molar-refractivity contribution < 1.29 is 9.32 Å². The van der Waals surface area contributed by atoms with Gasteiger partial charge in [-0.25, -0.2) is 0 Å². The molecule has 6 nitrogen and oxygen atoms in total. The zero-order valence-corrected chi connectivity index (χ0v) is 16.6. The Morgan fingerprint density at radius 3 is 2.50 bits per heavy atom. The van der Waals surface area contributed by atoms with Crippen LogP contribution in [0.15, 0.2) is 59.1 Å². The quantitative estimate of drug-likeness (QED) is 0.650. The summed E-state index contributed by atoms with van der Waals surface area (Å²) in [6.45, 7) is 2.76. The molecule has 0 aliphatic heterocycles. The minimum absolute atomic E-state index is 0.0363. The van der Waals surface area contributed by atoms with Crippen LogP contribution in [0.4, 0.5) is 0 Å². The van der Waals surface area contributed by atoms with Crippen LogP contribution in [0.2, 0.25) is 0 Å². The van der Waals surface area contributed by atoms with Crippen LogP contribution in [-0.2, 0) is 11.2 Å². The fourth-order valence-corrected chi connectivity index (χ4v) is 2.95. The van der Waals surface area contributed by atoms with Crippen molar-refractivity contribution >= 4 is 5.91 Å². The lowest BCUT2D eigenvalue weighted by Crippen LogP contribution is -2.35. The smallest absolute Gasteiger partial charge is 0.227 e. The number of aromatic nitrogens is 2. The van der Waals surface area contributed by atoms with Gasteiger partial charge in [0, 0.05) is 24.9 Å². The predicted molar refractivity (Wildman–Crippen MR) is 109 cm³/mol.